The molecule has 0 aromatic rings. The Kier molecular flexibility index (Phi) is 12.4. The summed E-state index contributed by atoms with van der Waals surface area (Å²) in [6, 6.07) is 0. The zero-order chi connectivity index (χ0) is 13.6. The Morgan fingerprint density at radius 2 is 1.94 bits per heavy atom. The monoisotopic (exact) mass is 260 g/mol. The van der Waals surface area contributed by atoms with E-state index in [-0.39, 0.29) is 13.9 Å². The summed E-state index contributed by atoms with van der Waals surface area (Å²) in [5, 5.41) is 5.86. The molecule has 110 valence electrons. The van der Waals surface area contributed by atoms with Crippen molar-refractivity contribution in [2.45, 2.75) is 46.0 Å². The fourth-order valence-electron chi connectivity index (χ4n) is 1.66. The van der Waals surface area contributed by atoms with Gasteiger partial charge in [-0.15, -0.1) is 0 Å². The van der Waals surface area contributed by atoms with Crippen LogP contribution in [0.2, 0.25) is 0 Å². The largest absolute Gasteiger partial charge is 0.372 e. The molecule has 0 aromatic heterocycles. The number of ether oxygens (including phenoxy) is 1. The van der Waals surface area contributed by atoms with Crippen molar-refractivity contribution in [3.63, 3.8) is 0 Å². The minimum absolute atomic E-state index is 0. The molecule has 0 atom stereocenters. The van der Waals surface area contributed by atoms with Crippen molar-refractivity contribution in [3.8, 4) is 0 Å². The van der Waals surface area contributed by atoms with Crippen LogP contribution in [-0.2, 0) is 9.53 Å². The first-order valence-corrected chi connectivity index (χ1v) is 7.23. The van der Waals surface area contributed by atoms with E-state index in [1.807, 2.05) is 0 Å². The molecular formula is C14H32N2O2. The second-order valence-electron chi connectivity index (χ2n) is 4.71. The highest BCUT2D eigenvalue weighted by Crippen LogP contribution is 2.15. The molecule has 1 fully saturated rings. The molecule has 1 rings (SSSR count). The van der Waals surface area contributed by atoms with E-state index in [0.29, 0.717) is 6.61 Å². The molecule has 0 bridgehead atoms. The SMILES string of the molecule is CCCC.CNC(=O)COCCC1CCNCC1.[HH]. The van der Waals surface area contributed by atoms with Crippen molar-refractivity contribution >= 4 is 5.91 Å². The highest BCUT2D eigenvalue weighted by atomic mass is 16.5. The summed E-state index contributed by atoms with van der Waals surface area (Å²) in [7, 11) is 1.62. The summed E-state index contributed by atoms with van der Waals surface area (Å²) in [6.45, 7) is 7.51. The van der Waals surface area contributed by atoms with Gasteiger partial charge >= 0.3 is 0 Å². The molecule has 1 aliphatic heterocycles. The number of piperidine rings is 1. The maximum Gasteiger partial charge on any atom is 0.245 e. The number of unbranched alkanes of at least 4 members (excludes halogenated alkanes) is 1. The predicted molar refractivity (Wildman–Crippen MR) is 77.8 cm³/mol. The van der Waals surface area contributed by atoms with Crippen molar-refractivity contribution in [1.29, 1.82) is 0 Å². The van der Waals surface area contributed by atoms with E-state index in [1.165, 1.54) is 25.7 Å². The Labute approximate surface area is 113 Å². The molecule has 0 saturated carbocycles. The van der Waals surface area contributed by atoms with Crippen LogP contribution in [0.3, 0.4) is 0 Å². The van der Waals surface area contributed by atoms with Gasteiger partial charge in [0.1, 0.15) is 6.61 Å². The molecule has 0 radical (unpaired) electrons. The third-order valence-corrected chi connectivity index (χ3v) is 3.14. The Balaban J connectivity index is 0. The van der Waals surface area contributed by atoms with Gasteiger partial charge in [0.05, 0.1) is 0 Å². The van der Waals surface area contributed by atoms with Crippen LogP contribution < -0.4 is 10.6 Å². The average molecular weight is 260 g/mol. The van der Waals surface area contributed by atoms with Gasteiger partial charge in [0, 0.05) is 15.1 Å². The Hall–Kier alpha value is -0.610. The van der Waals surface area contributed by atoms with Gasteiger partial charge < -0.3 is 15.4 Å². The minimum Gasteiger partial charge on any atom is -0.372 e. The first kappa shape index (κ1) is 17.4. The van der Waals surface area contributed by atoms with Crippen LogP contribution in [0.1, 0.15) is 47.4 Å². The number of nitrogens with one attached hydrogen (secondary N) is 2. The summed E-state index contributed by atoms with van der Waals surface area (Å²) in [5.41, 5.74) is 0. The van der Waals surface area contributed by atoms with Crippen LogP contribution in [0, 0.1) is 5.92 Å². The number of hydrogen-bond donors (Lipinski definition) is 2. The van der Waals surface area contributed by atoms with Gasteiger partial charge in [-0.05, 0) is 38.3 Å². The molecule has 4 nitrogen and oxygen atoms in total. The van der Waals surface area contributed by atoms with Crippen LogP contribution in [0.15, 0.2) is 0 Å². The second kappa shape index (κ2) is 12.8. The Morgan fingerprint density at radius 1 is 1.33 bits per heavy atom. The predicted octanol–water partition coefficient (Wildman–Crippen LogP) is 2.19. The molecule has 4 heteroatoms. The molecular weight excluding hydrogens is 228 g/mol. The maximum absolute atomic E-state index is 10.8. The molecule has 1 saturated heterocycles. The van der Waals surface area contributed by atoms with E-state index in [2.05, 4.69) is 24.5 Å². The third-order valence-electron chi connectivity index (χ3n) is 3.14. The van der Waals surface area contributed by atoms with Crippen LogP contribution in [0.5, 0.6) is 0 Å². The fourth-order valence-corrected chi connectivity index (χ4v) is 1.66. The third kappa shape index (κ3) is 10.5. The van der Waals surface area contributed by atoms with Crippen LogP contribution in [0.4, 0.5) is 0 Å². The minimum atomic E-state index is -0.0460. The molecule has 0 aliphatic carbocycles. The Morgan fingerprint density at radius 3 is 2.44 bits per heavy atom. The molecule has 2 N–H and O–H groups in total. The Bertz CT molecular complexity index is 196. The van der Waals surface area contributed by atoms with Crippen molar-refractivity contribution in [3.05, 3.63) is 0 Å². The molecule has 1 aliphatic rings. The smallest absolute Gasteiger partial charge is 0.245 e. The number of rotatable bonds is 6. The number of carbonyl (C=O) groups excluding carboxylic acids is 1. The zero-order valence-electron chi connectivity index (χ0n) is 12.3. The van der Waals surface area contributed by atoms with Crippen molar-refractivity contribution in [2.24, 2.45) is 5.92 Å². The van der Waals surface area contributed by atoms with E-state index in [1.54, 1.807) is 7.05 Å². The van der Waals surface area contributed by atoms with Gasteiger partial charge in [0.15, 0.2) is 0 Å². The summed E-state index contributed by atoms with van der Waals surface area (Å²) in [4.78, 5) is 10.8. The maximum atomic E-state index is 10.8. The molecule has 0 spiro atoms. The number of hydrogen-bond acceptors (Lipinski definition) is 3. The molecule has 0 aromatic carbocycles. The highest BCUT2D eigenvalue weighted by Gasteiger charge is 2.12. The van der Waals surface area contributed by atoms with E-state index in [9.17, 15) is 4.79 Å². The van der Waals surface area contributed by atoms with Gasteiger partial charge in [-0.25, -0.2) is 0 Å². The quantitative estimate of drug-likeness (QED) is 0.720. The summed E-state index contributed by atoms with van der Waals surface area (Å²) in [5.74, 6) is 0.733. The van der Waals surface area contributed by atoms with Crippen molar-refractivity contribution < 1.29 is 11.0 Å². The van der Waals surface area contributed by atoms with Gasteiger partial charge in [-0.2, -0.15) is 0 Å². The fraction of sp³-hybridized carbons (Fsp3) is 0.929. The van der Waals surface area contributed by atoms with Gasteiger partial charge in [-0.1, -0.05) is 26.7 Å². The second-order valence-corrected chi connectivity index (χ2v) is 4.71. The zero-order valence-corrected chi connectivity index (χ0v) is 12.3. The summed E-state index contributed by atoms with van der Waals surface area (Å²) in [6.07, 6.45) is 6.20. The number of carbonyl (C=O) groups is 1. The van der Waals surface area contributed by atoms with Gasteiger partial charge in [0.2, 0.25) is 5.91 Å². The lowest BCUT2D eigenvalue weighted by molar-refractivity contribution is -0.125. The van der Waals surface area contributed by atoms with Gasteiger partial charge in [-0.3, -0.25) is 4.79 Å². The first-order valence-electron chi connectivity index (χ1n) is 7.23. The van der Waals surface area contributed by atoms with E-state index in [0.717, 1.165) is 25.4 Å². The summed E-state index contributed by atoms with van der Waals surface area (Å²) >= 11 is 0. The van der Waals surface area contributed by atoms with E-state index in [4.69, 9.17) is 4.74 Å². The number of amides is 1. The lowest BCUT2D eigenvalue weighted by atomic mass is 9.95. The molecule has 0 unspecified atom stereocenters. The lowest BCUT2D eigenvalue weighted by Crippen LogP contribution is -2.29. The van der Waals surface area contributed by atoms with Crippen LogP contribution in [-0.4, -0.2) is 39.3 Å². The lowest BCUT2D eigenvalue weighted by Gasteiger charge is -2.22. The van der Waals surface area contributed by atoms with E-state index >= 15 is 0 Å². The highest BCUT2D eigenvalue weighted by molar-refractivity contribution is 5.76. The summed E-state index contributed by atoms with van der Waals surface area (Å²) < 4.78 is 5.26. The number of likely N-dealkylation sites (N-methyl/N-ethyl adjacent to an activating group) is 1. The molecule has 18 heavy (non-hydrogen) atoms. The normalized spacial score (nSPS) is 15.7. The van der Waals surface area contributed by atoms with E-state index < -0.39 is 0 Å². The van der Waals surface area contributed by atoms with Crippen molar-refractivity contribution in [2.75, 3.05) is 33.4 Å². The topological polar surface area (TPSA) is 50.4 Å². The van der Waals surface area contributed by atoms with Crippen LogP contribution >= 0.6 is 0 Å². The molecule has 1 heterocycles. The van der Waals surface area contributed by atoms with Crippen LogP contribution in [0.25, 0.3) is 0 Å². The first-order chi connectivity index (χ1) is 8.74. The average Bonchev–Trinajstić information content (AvgIpc) is 2.44. The van der Waals surface area contributed by atoms with Gasteiger partial charge in [0.25, 0.3) is 0 Å². The van der Waals surface area contributed by atoms with Crippen molar-refractivity contribution in [1.82, 2.24) is 10.6 Å². The standard InChI is InChI=1S/C10H20N2O2.C4H10.H2/c1-11-10(13)8-14-7-4-9-2-5-12-6-3-9;1-3-4-2;/h9,12H,2-8H2,1H3,(H,11,13);3-4H2,1-2H3;1H. The molecule has 1 amide bonds.